The van der Waals surface area contributed by atoms with Crippen molar-refractivity contribution < 1.29 is 18.7 Å². The summed E-state index contributed by atoms with van der Waals surface area (Å²) in [6, 6.07) is 14.2. The highest BCUT2D eigenvalue weighted by molar-refractivity contribution is 5.94. The zero-order valence-corrected chi connectivity index (χ0v) is 18.3. The summed E-state index contributed by atoms with van der Waals surface area (Å²) in [4.78, 5) is 15.4. The van der Waals surface area contributed by atoms with Crippen molar-refractivity contribution in [3.05, 3.63) is 71.2 Å². The fourth-order valence-electron chi connectivity index (χ4n) is 4.56. The van der Waals surface area contributed by atoms with Crippen molar-refractivity contribution in [1.29, 1.82) is 0 Å². The number of piperidine rings is 1. The van der Waals surface area contributed by atoms with E-state index in [-0.39, 0.29) is 11.7 Å². The predicted octanol–water partition coefficient (Wildman–Crippen LogP) is 4.27. The summed E-state index contributed by atoms with van der Waals surface area (Å²) < 4.78 is 27.7. The van der Waals surface area contributed by atoms with Gasteiger partial charge in [0.05, 0.1) is 24.6 Å². The molecule has 3 heterocycles. The third-order valence-corrected chi connectivity index (χ3v) is 6.28. The average molecular weight is 435 g/mol. The van der Waals surface area contributed by atoms with E-state index in [0.717, 1.165) is 16.8 Å². The van der Waals surface area contributed by atoms with Crippen molar-refractivity contribution in [3.8, 4) is 16.9 Å². The molecule has 166 valence electrons. The maximum absolute atomic E-state index is 14.5. The lowest BCUT2D eigenvalue weighted by Gasteiger charge is -2.37. The standard InChI is InChI=1S/C25H26FN3O3/c1-17-7-8-22(18(2)15-17)29-23(16-21(27-29)19-5-3-4-6-20(19)26)24(30)28-11-9-25(10-12-28)31-13-14-32-25/h3-8,15-16H,9-14H2,1-2H3. The zero-order chi connectivity index (χ0) is 22.3. The summed E-state index contributed by atoms with van der Waals surface area (Å²) in [6.45, 7) is 6.27. The molecule has 1 spiro atoms. The number of aromatic nitrogens is 2. The van der Waals surface area contributed by atoms with Gasteiger partial charge in [0, 0.05) is 31.5 Å². The number of carbonyl (C=O) groups is 1. The van der Waals surface area contributed by atoms with Gasteiger partial charge in [0.15, 0.2) is 5.79 Å². The van der Waals surface area contributed by atoms with Gasteiger partial charge in [0.1, 0.15) is 11.5 Å². The molecule has 7 heteroatoms. The lowest BCUT2D eigenvalue weighted by Crippen LogP contribution is -2.47. The van der Waals surface area contributed by atoms with Gasteiger partial charge >= 0.3 is 0 Å². The lowest BCUT2D eigenvalue weighted by atomic mass is 10.0. The van der Waals surface area contributed by atoms with Crippen molar-refractivity contribution in [2.75, 3.05) is 26.3 Å². The number of halogens is 1. The van der Waals surface area contributed by atoms with Crippen LogP contribution in [-0.2, 0) is 9.47 Å². The molecule has 1 aromatic heterocycles. The van der Waals surface area contributed by atoms with Crippen LogP contribution in [0, 0.1) is 19.7 Å². The van der Waals surface area contributed by atoms with E-state index < -0.39 is 5.79 Å². The van der Waals surface area contributed by atoms with Crippen molar-refractivity contribution in [1.82, 2.24) is 14.7 Å². The fourth-order valence-corrected chi connectivity index (χ4v) is 4.56. The molecule has 2 aliphatic heterocycles. The van der Waals surface area contributed by atoms with Gasteiger partial charge in [-0.3, -0.25) is 4.79 Å². The number of ether oxygens (including phenoxy) is 2. The molecule has 32 heavy (non-hydrogen) atoms. The van der Waals surface area contributed by atoms with Gasteiger partial charge in [-0.15, -0.1) is 0 Å². The van der Waals surface area contributed by atoms with Crippen molar-refractivity contribution in [2.45, 2.75) is 32.5 Å². The maximum atomic E-state index is 14.5. The van der Waals surface area contributed by atoms with Gasteiger partial charge in [-0.25, -0.2) is 9.07 Å². The van der Waals surface area contributed by atoms with E-state index in [2.05, 4.69) is 5.10 Å². The Hall–Kier alpha value is -3.03. The van der Waals surface area contributed by atoms with E-state index in [1.807, 2.05) is 32.0 Å². The smallest absolute Gasteiger partial charge is 0.272 e. The number of hydrogen-bond acceptors (Lipinski definition) is 4. The first-order chi connectivity index (χ1) is 15.5. The van der Waals surface area contributed by atoms with Crippen LogP contribution in [0.4, 0.5) is 4.39 Å². The second-order valence-electron chi connectivity index (χ2n) is 8.50. The Morgan fingerprint density at radius 1 is 1.03 bits per heavy atom. The number of amides is 1. The van der Waals surface area contributed by atoms with Gasteiger partial charge in [-0.05, 0) is 43.7 Å². The monoisotopic (exact) mass is 435 g/mol. The van der Waals surface area contributed by atoms with Crippen molar-refractivity contribution in [3.63, 3.8) is 0 Å². The molecule has 0 bridgehead atoms. The third-order valence-electron chi connectivity index (χ3n) is 6.28. The Bertz CT molecular complexity index is 1160. The lowest BCUT2D eigenvalue weighted by molar-refractivity contribution is -0.181. The van der Waals surface area contributed by atoms with Gasteiger partial charge in [0.25, 0.3) is 5.91 Å². The molecule has 2 fully saturated rings. The number of likely N-dealkylation sites (tertiary alicyclic amines) is 1. The molecular formula is C25H26FN3O3. The molecule has 0 atom stereocenters. The Morgan fingerprint density at radius 2 is 1.75 bits per heavy atom. The summed E-state index contributed by atoms with van der Waals surface area (Å²) in [5, 5.41) is 4.67. The first-order valence-corrected chi connectivity index (χ1v) is 11.0. The van der Waals surface area contributed by atoms with Crippen LogP contribution in [0.3, 0.4) is 0 Å². The van der Waals surface area contributed by atoms with E-state index >= 15 is 0 Å². The van der Waals surface area contributed by atoms with Crippen LogP contribution in [0.2, 0.25) is 0 Å². The molecule has 0 N–H and O–H groups in total. The molecule has 3 aromatic rings. The van der Waals surface area contributed by atoms with E-state index in [1.165, 1.54) is 6.07 Å². The van der Waals surface area contributed by atoms with E-state index in [1.54, 1.807) is 33.8 Å². The van der Waals surface area contributed by atoms with Gasteiger partial charge < -0.3 is 14.4 Å². The second kappa shape index (κ2) is 8.15. The van der Waals surface area contributed by atoms with Crippen LogP contribution < -0.4 is 0 Å². The van der Waals surface area contributed by atoms with E-state index in [9.17, 15) is 9.18 Å². The molecule has 1 amide bonds. The minimum absolute atomic E-state index is 0.132. The van der Waals surface area contributed by atoms with Gasteiger partial charge in [-0.2, -0.15) is 5.10 Å². The van der Waals surface area contributed by atoms with Crippen molar-refractivity contribution in [2.24, 2.45) is 0 Å². The quantitative estimate of drug-likeness (QED) is 0.616. The Kier molecular flexibility index (Phi) is 5.31. The molecule has 0 unspecified atom stereocenters. The predicted molar refractivity (Wildman–Crippen MR) is 118 cm³/mol. The van der Waals surface area contributed by atoms with E-state index in [4.69, 9.17) is 9.47 Å². The highest BCUT2D eigenvalue weighted by Crippen LogP contribution is 2.33. The topological polar surface area (TPSA) is 56.6 Å². The number of aryl methyl sites for hydroxylation is 2. The summed E-state index contributed by atoms with van der Waals surface area (Å²) >= 11 is 0. The Labute approximate surface area is 186 Å². The Morgan fingerprint density at radius 3 is 2.44 bits per heavy atom. The fraction of sp³-hybridized carbons (Fsp3) is 0.360. The molecule has 2 saturated heterocycles. The van der Waals surface area contributed by atoms with Crippen LogP contribution >= 0.6 is 0 Å². The molecule has 6 nitrogen and oxygen atoms in total. The Balaban J connectivity index is 1.53. The summed E-state index contributed by atoms with van der Waals surface area (Å²) in [6.07, 6.45) is 1.27. The summed E-state index contributed by atoms with van der Waals surface area (Å²) in [5.74, 6) is -1.05. The van der Waals surface area contributed by atoms with Crippen LogP contribution in [0.1, 0.15) is 34.5 Å². The average Bonchev–Trinajstić information content (AvgIpc) is 3.42. The van der Waals surface area contributed by atoms with Crippen LogP contribution in [0.15, 0.2) is 48.5 Å². The molecule has 2 aromatic carbocycles. The third kappa shape index (κ3) is 3.72. The number of carbonyl (C=O) groups excluding carboxylic acids is 1. The highest BCUT2D eigenvalue weighted by Gasteiger charge is 2.41. The molecule has 0 aliphatic carbocycles. The first-order valence-electron chi connectivity index (χ1n) is 11.0. The number of benzene rings is 2. The normalized spacial score (nSPS) is 17.8. The zero-order valence-electron chi connectivity index (χ0n) is 18.3. The summed E-state index contributed by atoms with van der Waals surface area (Å²) in [5.41, 5.74) is 4.14. The van der Waals surface area contributed by atoms with E-state index in [0.29, 0.717) is 56.1 Å². The minimum atomic E-state index is -0.553. The maximum Gasteiger partial charge on any atom is 0.272 e. The molecular weight excluding hydrogens is 409 g/mol. The number of rotatable bonds is 3. The highest BCUT2D eigenvalue weighted by atomic mass is 19.1. The van der Waals surface area contributed by atoms with Crippen molar-refractivity contribution >= 4 is 5.91 Å². The first kappa shape index (κ1) is 20.8. The number of nitrogens with zero attached hydrogens (tertiary/aromatic N) is 3. The van der Waals surface area contributed by atoms with Crippen LogP contribution in [0.5, 0.6) is 0 Å². The number of hydrogen-bond donors (Lipinski definition) is 0. The molecule has 2 aliphatic rings. The van der Waals surface area contributed by atoms with Gasteiger partial charge in [0.2, 0.25) is 0 Å². The van der Waals surface area contributed by atoms with Gasteiger partial charge in [-0.1, -0.05) is 29.8 Å². The van der Waals surface area contributed by atoms with Crippen LogP contribution in [-0.4, -0.2) is 52.7 Å². The minimum Gasteiger partial charge on any atom is -0.347 e. The molecule has 5 rings (SSSR count). The second-order valence-corrected chi connectivity index (χ2v) is 8.50. The molecule has 0 radical (unpaired) electrons. The molecule has 0 saturated carbocycles. The summed E-state index contributed by atoms with van der Waals surface area (Å²) in [7, 11) is 0. The SMILES string of the molecule is Cc1ccc(-n2nc(-c3ccccc3F)cc2C(=O)N2CCC3(CC2)OCCO3)c(C)c1. The largest absolute Gasteiger partial charge is 0.347 e. The van der Waals surface area contributed by atoms with Crippen LogP contribution in [0.25, 0.3) is 16.9 Å².